The lowest BCUT2D eigenvalue weighted by Gasteiger charge is -2.04. The van der Waals surface area contributed by atoms with Crippen molar-refractivity contribution in [1.82, 2.24) is 9.38 Å². The van der Waals surface area contributed by atoms with Crippen molar-refractivity contribution in [1.29, 1.82) is 0 Å². The molecule has 5 nitrogen and oxygen atoms in total. The number of ketones is 1. The average Bonchev–Trinajstić information content (AvgIpc) is 2.90. The zero-order chi connectivity index (χ0) is 15.7. The Labute approximate surface area is 127 Å². The van der Waals surface area contributed by atoms with Gasteiger partial charge in [-0.25, -0.2) is 4.98 Å². The molecule has 0 spiro atoms. The second-order valence-electron chi connectivity index (χ2n) is 5.19. The van der Waals surface area contributed by atoms with E-state index in [1.165, 1.54) is 6.92 Å². The van der Waals surface area contributed by atoms with E-state index in [2.05, 4.69) is 10.3 Å². The molecule has 0 aliphatic carbocycles. The predicted octanol–water partition coefficient (Wildman–Crippen LogP) is 3.10. The molecule has 0 fully saturated rings. The Kier molecular flexibility index (Phi) is 3.47. The highest BCUT2D eigenvalue weighted by atomic mass is 16.2. The fourth-order valence-electron chi connectivity index (χ4n) is 2.20. The summed E-state index contributed by atoms with van der Waals surface area (Å²) in [5, 5.41) is 2.76. The number of pyridine rings is 1. The van der Waals surface area contributed by atoms with Crippen LogP contribution in [0.1, 0.15) is 33.3 Å². The third-order valence-electron chi connectivity index (χ3n) is 3.38. The number of Topliss-reactive ketones (excluding diaryl/α,β-unsaturated/α-hetero) is 1. The van der Waals surface area contributed by atoms with Crippen molar-refractivity contribution in [3.63, 3.8) is 0 Å². The van der Waals surface area contributed by atoms with Crippen LogP contribution >= 0.6 is 0 Å². The molecule has 0 saturated heterocycles. The number of nitrogens with one attached hydrogen (secondary N) is 1. The first-order chi connectivity index (χ1) is 10.5. The monoisotopic (exact) mass is 293 g/mol. The summed E-state index contributed by atoms with van der Waals surface area (Å²) < 4.78 is 1.80. The number of fused-ring (bicyclic) bond motifs is 1. The van der Waals surface area contributed by atoms with Crippen LogP contribution in [0.4, 0.5) is 5.69 Å². The topological polar surface area (TPSA) is 63.5 Å². The molecule has 0 aliphatic heterocycles. The van der Waals surface area contributed by atoms with Gasteiger partial charge in [0, 0.05) is 23.6 Å². The number of aromatic nitrogens is 2. The number of amides is 1. The largest absolute Gasteiger partial charge is 0.321 e. The van der Waals surface area contributed by atoms with E-state index in [1.54, 1.807) is 34.9 Å². The van der Waals surface area contributed by atoms with Crippen LogP contribution in [0.3, 0.4) is 0 Å². The third-order valence-corrected chi connectivity index (χ3v) is 3.38. The third kappa shape index (κ3) is 2.74. The molecule has 0 radical (unpaired) electrons. The molecule has 0 unspecified atom stereocenters. The van der Waals surface area contributed by atoms with Gasteiger partial charge in [-0.1, -0.05) is 12.1 Å². The number of hydrogen-bond acceptors (Lipinski definition) is 3. The van der Waals surface area contributed by atoms with Gasteiger partial charge in [-0.15, -0.1) is 0 Å². The number of rotatable bonds is 3. The first-order valence-corrected chi connectivity index (χ1v) is 6.90. The van der Waals surface area contributed by atoms with Crippen LogP contribution in [-0.4, -0.2) is 21.1 Å². The zero-order valence-corrected chi connectivity index (χ0v) is 12.3. The van der Waals surface area contributed by atoms with Crippen molar-refractivity contribution in [2.24, 2.45) is 0 Å². The van der Waals surface area contributed by atoms with Crippen molar-refractivity contribution >= 4 is 23.0 Å². The number of nitrogens with zero attached hydrogens (tertiary/aromatic N) is 2. The normalized spacial score (nSPS) is 10.6. The second kappa shape index (κ2) is 5.44. The summed E-state index contributed by atoms with van der Waals surface area (Å²) in [6.07, 6.45) is 3.55. The molecule has 3 rings (SSSR count). The number of carbonyl (C=O) groups excluding carboxylic acids is 2. The van der Waals surface area contributed by atoms with Gasteiger partial charge in [0.25, 0.3) is 5.91 Å². The maximum atomic E-state index is 12.3. The fourth-order valence-corrected chi connectivity index (χ4v) is 2.20. The van der Waals surface area contributed by atoms with E-state index in [-0.39, 0.29) is 11.7 Å². The Hall–Kier alpha value is -2.95. The van der Waals surface area contributed by atoms with Crippen molar-refractivity contribution in [2.45, 2.75) is 13.8 Å². The van der Waals surface area contributed by atoms with Gasteiger partial charge >= 0.3 is 0 Å². The molecule has 1 N–H and O–H groups in total. The maximum Gasteiger partial charge on any atom is 0.275 e. The summed E-state index contributed by atoms with van der Waals surface area (Å²) in [7, 11) is 0. The Morgan fingerprint density at radius 3 is 2.77 bits per heavy atom. The first kappa shape index (κ1) is 14.0. The van der Waals surface area contributed by atoms with E-state index in [9.17, 15) is 9.59 Å². The van der Waals surface area contributed by atoms with E-state index in [0.717, 1.165) is 11.2 Å². The zero-order valence-electron chi connectivity index (χ0n) is 12.3. The van der Waals surface area contributed by atoms with Gasteiger partial charge in [0.1, 0.15) is 11.3 Å². The molecule has 22 heavy (non-hydrogen) atoms. The van der Waals surface area contributed by atoms with Crippen molar-refractivity contribution < 1.29 is 9.59 Å². The first-order valence-electron chi connectivity index (χ1n) is 6.90. The van der Waals surface area contributed by atoms with Crippen LogP contribution < -0.4 is 5.32 Å². The highest BCUT2D eigenvalue weighted by Gasteiger charge is 2.11. The minimum absolute atomic E-state index is 0.0423. The Balaban J connectivity index is 1.86. The van der Waals surface area contributed by atoms with Gasteiger partial charge in [-0.05, 0) is 43.7 Å². The fraction of sp³-hybridized carbons (Fsp3) is 0.118. The molecule has 0 saturated carbocycles. The van der Waals surface area contributed by atoms with Gasteiger partial charge in [0.05, 0.1) is 0 Å². The van der Waals surface area contributed by atoms with Crippen LogP contribution in [0.2, 0.25) is 0 Å². The lowest BCUT2D eigenvalue weighted by molar-refractivity contribution is 0.100. The molecule has 110 valence electrons. The van der Waals surface area contributed by atoms with Crippen molar-refractivity contribution in [3.05, 3.63) is 65.6 Å². The van der Waals surface area contributed by atoms with E-state index in [1.807, 2.05) is 25.3 Å². The lowest BCUT2D eigenvalue weighted by atomic mass is 10.1. The summed E-state index contributed by atoms with van der Waals surface area (Å²) in [6, 6.07) is 10.7. The van der Waals surface area contributed by atoms with Crippen LogP contribution in [0.5, 0.6) is 0 Å². The number of benzene rings is 1. The van der Waals surface area contributed by atoms with Gasteiger partial charge in [0.15, 0.2) is 5.78 Å². The van der Waals surface area contributed by atoms with E-state index < -0.39 is 0 Å². The molecule has 2 aromatic heterocycles. The second-order valence-corrected chi connectivity index (χ2v) is 5.19. The molecular formula is C17H15N3O2. The van der Waals surface area contributed by atoms with Crippen molar-refractivity contribution in [3.8, 4) is 0 Å². The van der Waals surface area contributed by atoms with Crippen LogP contribution in [0.25, 0.3) is 5.65 Å². The minimum atomic E-state index is -0.304. The minimum Gasteiger partial charge on any atom is -0.321 e. The summed E-state index contributed by atoms with van der Waals surface area (Å²) in [6.45, 7) is 3.47. The summed E-state index contributed by atoms with van der Waals surface area (Å²) in [5.41, 5.74) is 3.27. The average molecular weight is 293 g/mol. The Bertz CT molecular complexity index is 880. The van der Waals surface area contributed by atoms with E-state index in [4.69, 9.17) is 0 Å². The highest BCUT2D eigenvalue weighted by Crippen LogP contribution is 2.13. The van der Waals surface area contributed by atoms with Gasteiger partial charge < -0.3 is 9.72 Å². The molecule has 5 heteroatoms. The van der Waals surface area contributed by atoms with Crippen molar-refractivity contribution in [2.75, 3.05) is 5.32 Å². The molecule has 1 aromatic carbocycles. The number of hydrogen-bond donors (Lipinski definition) is 1. The number of aryl methyl sites for hydroxylation is 1. The van der Waals surface area contributed by atoms with Crippen LogP contribution in [0.15, 0.2) is 48.8 Å². The smallest absolute Gasteiger partial charge is 0.275 e. The molecular weight excluding hydrogens is 278 g/mol. The van der Waals surface area contributed by atoms with Gasteiger partial charge in [0.2, 0.25) is 0 Å². The number of anilines is 1. The summed E-state index contributed by atoms with van der Waals surface area (Å²) in [4.78, 5) is 28.0. The number of carbonyl (C=O) groups is 2. The SMILES string of the molecule is CC(=O)c1cccc(NC(=O)c2cn3ccc(C)cc3n2)c1. The molecule has 2 heterocycles. The van der Waals surface area contributed by atoms with E-state index >= 15 is 0 Å². The molecule has 0 atom stereocenters. The maximum absolute atomic E-state index is 12.3. The number of imidazole rings is 1. The lowest BCUT2D eigenvalue weighted by Crippen LogP contribution is -2.12. The van der Waals surface area contributed by atoms with Crippen LogP contribution in [-0.2, 0) is 0 Å². The molecule has 1 amide bonds. The quantitative estimate of drug-likeness (QED) is 0.755. The highest BCUT2D eigenvalue weighted by molar-refractivity contribution is 6.04. The molecule has 0 aliphatic rings. The van der Waals surface area contributed by atoms with E-state index in [0.29, 0.717) is 16.9 Å². The molecule has 3 aromatic rings. The molecule has 0 bridgehead atoms. The Morgan fingerprint density at radius 1 is 1.18 bits per heavy atom. The standard InChI is InChI=1S/C17H15N3O2/c1-11-6-7-20-10-15(19-16(20)8-11)17(22)18-14-5-3-4-13(9-14)12(2)21/h3-10H,1-2H3,(H,18,22). The van der Waals surface area contributed by atoms with Crippen LogP contribution in [0, 0.1) is 6.92 Å². The van der Waals surface area contributed by atoms with Gasteiger partial charge in [-0.3, -0.25) is 9.59 Å². The summed E-state index contributed by atoms with van der Waals surface area (Å²) in [5.74, 6) is -0.346. The van der Waals surface area contributed by atoms with Gasteiger partial charge in [-0.2, -0.15) is 0 Å². The summed E-state index contributed by atoms with van der Waals surface area (Å²) >= 11 is 0. The predicted molar refractivity (Wildman–Crippen MR) is 84.3 cm³/mol. The Morgan fingerprint density at radius 2 is 2.00 bits per heavy atom.